The van der Waals surface area contributed by atoms with Crippen molar-refractivity contribution in [2.24, 2.45) is 5.41 Å². The SMILES string of the molecule is CC(C)(O)C1(C(=O)O)CCCS(=O)(=O)C1. The first kappa shape index (κ1) is 12.4. The summed E-state index contributed by atoms with van der Waals surface area (Å²) in [5, 5.41) is 19.0. The van der Waals surface area contributed by atoms with Gasteiger partial charge in [0.15, 0.2) is 9.84 Å². The van der Waals surface area contributed by atoms with Crippen molar-refractivity contribution in [2.45, 2.75) is 32.3 Å². The Morgan fingerprint density at radius 2 is 1.93 bits per heavy atom. The zero-order chi connectivity index (χ0) is 11.9. The summed E-state index contributed by atoms with van der Waals surface area (Å²) in [7, 11) is -3.36. The fraction of sp³-hybridized carbons (Fsp3) is 0.889. The molecule has 0 spiro atoms. The molecule has 1 fully saturated rings. The van der Waals surface area contributed by atoms with Crippen LogP contribution in [0.1, 0.15) is 26.7 Å². The number of hydrogen-bond donors (Lipinski definition) is 2. The standard InChI is InChI=1S/C9H16O5S/c1-8(2,12)9(7(10)11)4-3-5-15(13,14)6-9/h12H,3-6H2,1-2H3,(H,10,11). The Bertz CT molecular complexity index is 364. The Kier molecular flexibility index (Phi) is 2.86. The number of hydrogen-bond acceptors (Lipinski definition) is 4. The average molecular weight is 236 g/mol. The maximum absolute atomic E-state index is 11.4. The number of sulfone groups is 1. The van der Waals surface area contributed by atoms with Crippen LogP contribution < -0.4 is 0 Å². The smallest absolute Gasteiger partial charge is 0.313 e. The first-order valence-corrected chi connectivity index (χ1v) is 6.59. The molecule has 1 saturated heterocycles. The third-order valence-corrected chi connectivity index (χ3v) is 4.95. The molecule has 0 aliphatic carbocycles. The largest absolute Gasteiger partial charge is 0.481 e. The minimum Gasteiger partial charge on any atom is -0.481 e. The van der Waals surface area contributed by atoms with Gasteiger partial charge in [0.25, 0.3) is 0 Å². The molecule has 1 aliphatic rings. The molecule has 15 heavy (non-hydrogen) atoms. The molecule has 1 unspecified atom stereocenters. The van der Waals surface area contributed by atoms with E-state index in [0.29, 0.717) is 6.42 Å². The molecular weight excluding hydrogens is 220 g/mol. The van der Waals surface area contributed by atoms with Gasteiger partial charge >= 0.3 is 5.97 Å². The molecule has 2 N–H and O–H groups in total. The molecule has 0 radical (unpaired) electrons. The van der Waals surface area contributed by atoms with Crippen LogP contribution in [0.2, 0.25) is 0 Å². The van der Waals surface area contributed by atoms with Crippen LogP contribution in [0.15, 0.2) is 0 Å². The average Bonchev–Trinajstić information content (AvgIpc) is 1.99. The summed E-state index contributed by atoms with van der Waals surface area (Å²) in [5.74, 6) is -1.70. The monoisotopic (exact) mass is 236 g/mol. The molecule has 1 heterocycles. The highest BCUT2D eigenvalue weighted by Crippen LogP contribution is 2.41. The zero-order valence-corrected chi connectivity index (χ0v) is 9.67. The number of aliphatic hydroxyl groups is 1. The van der Waals surface area contributed by atoms with Gasteiger partial charge in [-0.2, -0.15) is 0 Å². The lowest BCUT2D eigenvalue weighted by molar-refractivity contribution is -0.163. The molecule has 1 atom stereocenters. The van der Waals surface area contributed by atoms with E-state index in [0.717, 1.165) is 0 Å². The molecule has 0 bridgehead atoms. The second-order valence-electron chi connectivity index (χ2n) is 4.64. The van der Waals surface area contributed by atoms with E-state index in [2.05, 4.69) is 0 Å². The topological polar surface area (TPSA) is 91.7 Å². The van der Waals surface area contributed by atoms with Crippen LogP contribution in [0.4, 0.5) is 0 Å². The van der Waals surface area contributed by atoms with Crippen LogP contribution in [0.3, 0.4) is 0 Å². The van der Waals surface area contributed by atoms with Gasteiger partial charge in [-0.05, 0) is 26.7 Å². The zero-order valence-electron chi connectivity index (χ0n) is 8.86. The van der Waals surface area contributed by atoms with Crippen molar-refractivity contribution >= 4 is 15.8 Å². The first-order chi connectivity index (χ1) is 6.61. The van der Waals surface area contributed by atoms with E-state index >= 15 is 0 Å². The van der Waals surface area contributed by atoms with Gasteiger partial charge in [0, 0.05) is 0 Å². The summed E-state index contributed by atoms with van der Waals surface area (Å²) in [6.07, 6.45) is 0.490. The van der Waals surface area contributed by atoms with Crippen molar-refractivity contribution < 1.29 is 23.4 Å². The van der Waals surface area contributed by atoms with Crippen molar-refractivity contribution in [3.05, 3.63) is 0 Å². The van der Waals surface area contributed by atoms with Crippen LogP contribution >= 0.6 is 0 Å². The molecule has 0 saturated carbocycles. The van der Waals surface area contributed by atoms with Gasteiger partial charge in [-0.25, -0.2) is 8.42 Å². The van der Waals surface area contributed by atoms with Gasteiger partial charge in [-0.1, -0.05) is 0 Å². The maximum atomic E-state index is 11.4. The molecule has 1 rings (SSSR count). The van der Waals surface area contributed by atoms with Gasteiger partial charge in [0.05, 0.1) is 17.1 Å². The van der Waals surface area contributed by atoms with Gasteiger partial charge in [-0.3, -0.25) is 4.79 Å². The van der Waals surface area contributed by atoms with Crippen LogP contribution in [0.25, 0.3) is 0 Å². The highest BCUT2D eigenvalue weighted by atomic mass is 32.2. The van der Waals surface area contributed by atoms with Crippen molar-refractivity contribution in [1.82, 2.24) is 0 Å². The Morgan fingerprint density at radius 3 is 2.20 bits per heavy atom. The number of carboxylic acids is 1. The number of aliphatic carboxylic acids is 1. The number of carboxylic acid groups (broad SMARTS) is 1. The summed E-state index contributed by atoms with van der Waals surface area (Å²) in [4.78, 5) is 11.2. The lowest BCUT2D eigenvalue weighted by Gasteiger charge is -2.41. The highest BCUT2D eigenvalue weighted by Gasteiger charge is 2.54. The molecule has 6 heteroatoms. The molecule has 0 amide bonds. The Hall–Kier alpha value is -0.620. The van der Waals surface area contributed by atoms with E-state index in [-0.39, 0.29) is 12.2 Å². The third kappa shape index (κ3) is 2.15. The summed E-state index contributed by atoms with van der Waals surface area (Å²) in [6.45, 7) is 2.70. The normalized spacial score (nSPS) is 31.1. The first-order valence-electron chi connectivity index (χ1n) is 4.77. The predicted octanol–water partition coefficient (Wildman–Crippen LogP) is 0.0369. The Morgan fingerprint density at radius 1 is 1.40 bits per heavy atom. The van der Waals surface area contributed by atoms with Gasteiger partial charge < -0.3 is 10.2 Å². The molecule has 0 aromatic carbocycles. The molecule has 5 nitrogen and oxygen atoms in total. The van der Waals surface area contributed by atoms with E-state index in [9.17, 15) is 18.3 Å². The van der Waals surface area contributed by atoms with Crippen LogP contribution in [0.5, 0.6) is 0 Å². The van der Waals surface area contributed by atoms with Crippen molar-refractivity contribution in [3.8, 4) is 0 Å². The maximum Gasteiger partial charge on any atom is 0.313 e. The van der Waals surface area contributed by atoms with Crippen molar-refractivity contribution in [3.63, 3.8) is 0 Å². The predicted molar refractivity (Wildman–Crippen MR) is 54.3 cm³/mol. The lowest BCUT2D eigenvalue weighted by Crippen LogP contribution is -2.56. The van der Waals surface area contributed by atoms with E-state index in [1.165, 1.54) is 13.8 Å². The summed E-state index contributed by atoms with van der Waals surface area (Å²) in [5.41, 5.74) is -3.10. The third-order valence-electron chi connectivity index (χ3n) is 3.11. The number of carbonyl (C=O) groups is 1. The minimum absolute atomic E-state index is 0.0120. The van der Waals surface area contributed by atoms with Crippen molar-refractivity contribution in [1.29, 1.82) is 0 Å². The summed E-state index contributed by atoms with van der Waals surface area (Å²) in [6, 6.07) is 0. The highest BCUT2D eigenvalue weighted by molar-refractivity contribution is 7.91. The molecule has 88 valence electrons. The second kappa shape index (κ2) is 3.45. The fourth-order valence-corrected chi connectivity index (χ4v) is 4.13. The molecule has 0 aromatic heterocycles. The summed E-state index contributed by atoms with van der Waals surface area (Å²) >= 11 is 0. The van der Waals surface area contributed by atoms with Crippen LogP contribution in [-0.2, 0) is 14.6 Å². The summed E-state index contributed by atoms with van der Waals surface area (Å²) < 4.78 is 22.9. The van der Waals surface area contributed by atoms with E-state index < -0.39 is 32.6 Å². The Labute approximate surface area is 89.0 Å². The molecule has 1 aliphatic heterocycles. The van der Waals surface area contributed by atoms with Crippen molar-refractivity contribution in [2.75, 3.05) is 11.5 Å². The quantitative estimate of drug-likeness (QED) is 0.706. The Balaban J connectivity index is 3.19. The van der Waals surface area contributed by atoms with Crippen LogP contribution in [-0.4, -0.2) is 41.7 Å². The molecular formula is C9H16O5S. The van der Waals surface area contributed by atoms with E-state index in [1.807, 2.05) is 0 Å². The fourth-order valence-electron chi connectivity index (χ4n) is 2.03. The van der Waals surface area contributed by atoms with Gasteiger partial charge in [-0.15, -0.1) is 0 Å². The second-order valence-corrected chi connectivity index (χ2v) is 6.83. The number of rotatable bonds is 2. The van der Waals surface area contributed by atoms with Gasteiger partial charge in [0.1, 0.15) is 5.41 Å². The lowest BCUT2D eigenvalue weighted by atomic mass is 9.72. The molecule has 0 aromatic rings. The van der Waals surface area contributed by atoms with Crippen LogP contribution in [0, 0.1) is 5.41 Å². The van der Waals surface area contributed by atoms with E-state index in [1.54, 1.807) is 0 Å². The van der Waals surface area contributed by atoms with Gasteiger partial charge in [0.2, 0.25) is 0 Å². The van der Waals surface area contributed by atoms with E-state index in [4.69, 9.17) is 5.11 Å². The minimum atomic E-state index is -3.36.